The first kappa shape index (κ1) is 23.6. The summed E-state index contributed by atoms with van der Waals surface area (Å²) in [4.78, 5) is -0.984. The number of primary sulfonamides is 1. The molecule has 0 radical (unpaired) electrons. The Morgan fingerprint density at radius 2 is 1.82 bits per heavy atom. The third-order valence-electron chi connectivity index (χ3n) is 7.69. The normalized spacial score (nSPS) is 29.9. The summed E-state index contributed by atoms with van der Waals surface area (Å²) < 4.78 is 65.9. The first-order valence-electron chi connectivity index (χ1n) is 11.6. The Bertz CT molecular complexity index is 1130. The van der Waals surface area contributed by atoms with Crippen LogP contribution in [0.4, 0.5) is 13.2 Å². The largest absolute Gasteiger partial charge is 0.417 e. The molecule has 9 nitrogen and oxygen atoms in total. The minimum Gasteiger partial charge on any atom is -0.314 e. The highest BCUT2D eigenvalue weighted by molar-refractivity contribution is 7.89. The molecule has 2 heterocycles. The quantitative estimate of drug-likeness (QED) is 0.495. The van der Waals surface area contributed by atoms with Crippen molar-refractivity contribution < 1.29 is 21.6 Å². The molecule has 1 aromatic carbocycles. The lowest BCUT2D eigenvalue weighted by Crippen LogP contribution is -2.43. The van der Waals surface area contributed by atoms with Crippen LogP contribution >= 0.6 is 0 Å². The Morgan fingerprint density at radius 1 is 1.06 bits per heavy atom. The number of nitrogens with zero attached hydrogens (tertiary/aromatic N) is 3. The van der Waals surface area contributed by atoms with Crippen LogP contribution in [0.1, 0.15) is 62.0 Å². The Hall–Kier alpha value is -2.09. The molecule has 186 valence electrons. The molecule has 2 unspecified atom stereocenters. The van der Waals surface area contributed by atoms with E-state index >= 15 is 0 Å². The number of aromatic nitrogens is 4. The topological polar surface area (TPSA) is 139 Å². The molecule has 2 aromatic rings. The van der Waals surface area contributed by atoms with Crippen LogP contribution in [0.5, 0.6) is 0 Å². The molecule has 13 heteroatoms. The van der Waals surface area contributed by atoms with Gasteiger partial charge in [0, 0.05) is 23.7 Å². The zero-order chi connectivity index (χ0) is 24.1. The van der Waals surface area contributed by atoms with Crippen molar-refractivity contribution in [1.29, 1.82) is 0 Å². The number of aromatic amines is 1. The van der Waals surface area contributed by atoms with Gasteiger partial charge in [-0.05, 0) is 85.4 Å². The summed E-state index contributed by atoms with van der Waals surface area (Å²) in [6.07, 6.45) is 1.75. The number of fused-ring (bicyclic) bond motifs is 1. The number of benzene rings is 1. The lowest BCUT2D eigenvalue weighted by atomic mass is 9.79. The summed E-state index contributed by atoms with van der Waals surface area (Å²) in [5.74, 6) is 0.386. The van der Waals surface area contributed by atoms with Crippen molar-refractivity contribution in [3.05, 3.63) is 23.3 Å². The number of nitrogens with two attached hydrogens (primary N) is 1. The second kappa shape index (κ2) is 8.85. The first-order valence-corrected chi connectivity index (χ1v) is 13.2. The van der Waals surface area contributed by atoms with Gasteiger partial charge in [-0.15, -0.1) is 5.10 Å². The summed E-state index contributed by atoms with van der Waals surface area (Å²) in [6, 6.07) is 3.59. The molecular weight excluding hydrogens is 471 g/mol. The van der Waals surface area contributed by atoms with E-state index in [0.717, 1.165) is 31.9 Å². The van der Waals surface area contributed by atoms with Crippen molar-refractivity contribution in [2.45, 2.75) is 80.1 Å². The molecule has 3 fully saturated rings. The number of hydrogen-bond donors (Lipinski definition) is 4. The van der Waals surface area contributed by atoms with E-state index in [1.165, 1.54) is 18.9 Å². The van der Waals surface area contributed by atoms with Crippen LogP contribution in [0, 0.1) is 5.92 Å². The van der Waals surface area contributed by atoms with E-state index in [0.29, 0.717) is 42.4 Å². The van der Waals surface area contributed by atoms with Gasteiger partial charge in [0.1, 0.15) is 4.90 Å². The number of rotatable bonds is 5. The Balaban J connectivity index is 1.42. The van der Waals surface area contributed by atoms with E-state index in [-0.39, 0.29) is 17.3 Å². The maximum absolute atomic E-state index is 13.7. The number of alkyl halides is 3. The summed E-state index contributed by atoms with van der Waals surface area (Å²) in [6.45, 7) is 1.07. The maximum Gasteiger partial charge on any atom is 0.417 e. The number of sulfonamides is 1. The maximum atomic E-state index is 13.7. The molecule has 3 atom stereocenters. The van der Waals surface area contributed by atoms with E-state index in [9.17, 15) is 21.6 Å². The van der Waals surface area contributed by atoms with Crippen LogP contribution in [-0.2, 0) is 16.2 Å². The second-order valence-electron chi connectivity index (χ2n) is 9.61. The van der Waals surface area contributed by atoms with Gasteiger partial charge in [0.25, 0.3) is 0 Å². The third kappa shape index (κ3) is 4.45. The van der Waals surface area contributed by atoms with Gasteiger partial charge in [-0.2, -0.15) is 13.2 Å². The van der Waals surface area contributed by atoms with Crippen molar-refractivity contribution >= 4 is 10.0 Å². The number of H-pyrrole nitrogens is 1. The molecule has 0 spiro atoms. The van der Waals surface area contributed by atoms with Crippen LogP contribution in [-0.4, -0.2) is 53.7 Å². The average Bonchev–Trinajstić information content (AvgIpc) is 3.52. The molecule has 34 heavy (non-hydrogen) atoms. The Labute approximate surface area is 195 Å². The molecule has 2 saturated carbocycles. The van der Waals surface area contributed by atoms with Gasteiger partial charge in [-0.3, -0.25) is 0 Å². The predicted octanol–water partition coefficient (Wildman–Crippen LogP) is 2.29. The van der Waals surface area contributed by atoms with Gasteiger partial charge < -0.3 is 10.6 Å². The minimum absolute atomic E-state index is 0.134. The number of halogens is 3. The molecular formula is C21H28F3N7O2S. The molecule has 1 aliphatic heterocycles. The predicted molar refractivity (Wildman–Crippen MR) is 117 cm³/mol. The van der Waals surface area contributed by atoms with Crippen molar-refractivity contribution in [3.8, 4) is 11.4 Å². The molecule has 0 bridgehead atoms. The lowest BCUT2D eigenvalue weighted by Gasteiger charge is -2.34. The van der Waals surface area contributed by atoms with E-state index < -0.39 is 26.7 Å². The SMILES string of the molecule is NS(=O)(=O)c1c(C(F)(F)F)ccc([C@H]2CC[C@H](NC3CCC4NCC[C@H]43)CC2)c1-c1nnn[nH]1. The van der Waals surface area contributed by atoms with Crippen LogP contribution in [0.25, 0.3) is 11.4 Å². The van der Waals surface area contributed by atoms with Gasteiger partial charge in [-0.25, -0.2) is 18.7 Å². The summed E-state index contributed by atoms with van der Waals surface area (Å²) in [5, 5.41) is 25.7. The zero-order valence-electron chi connectivity index (χ0n) is 18.5. The minimum atomic E-state index is -4.90. The lowest BCUT2D eigenvalue weighted by molar-refractivity contribution is -0.139. The molecule has 1 aromatic heterocycles. The van der Waals surface area contributed by atoms with Crippen LogP contribution in [0.15, 0.2) is 17.0 Å². The highest BCUT2D eigenvalue weighted by Crippen LogP contribution is 2.45. The number of tetrazole rings is 1. The molecule has 1 saturated heterocycles. The molecule has 2 aliphatic carbocycles. The van der Waals surface area contributed by atoms with Crippen LogP contribution in [0.2, 0.25) is 0 Å². The van der Waals surface area contributed by atoms with Gasteiger partial charge in [0.15, 0.2) is 5.82 Å². The monoisotopic (exact) mass is 499 g/mol. The molecule has 5 rings (SSSR count). The van der Waals surface area contributed by atoms with E-state index in [2.05, 4.69) is 31.3 Å². The fraction of sp³-hybridized carbons (Fsp3) is 0.667. The number of nitrogens with one attached hydrogen (secondary N) is 3. The van der Waals surface area contributed by atoms with Gasteiger partial charge in [0.2, 0.25) is 10.0 Å². The molecule has 0 amide bonds. The smallest absolute Gasteiger partial charge is 0.314 e. The first-order chi connectivity index (χ1) is 16.1. The van der Waals surface area contributed by atoms with E-state index in [1.807, 2.05) is 0 Å². The molecule has 5 N–H and O–H groups in total. The fourth-order valence-corrected chi connectivity index (χ4v) is 7.20. The average molecular weight is 500 g/mol. The van der Waals surface area contributed by atoms with Gasteiger partial charge in [-0.1, -0.05) is 6.07 Å². The second-order valence-corrected chi connectivity index (χ2v) is 11.1. The summed E-state index contributed by atoms with van der Waals surface area (Å²) in [5.41, 5.74) is -1.04. The summed E-state index contributed by atoms with van der Waals surface area (Å²) in [7, 11) is -4.72. The van der Waals surface area contributed by atoms with Crippen molar-refractivity contribution in [2.24, 2.45) is 11.1 Å². The van der Waals surface area contributed by atoms with Crippen LogP contribution < -0.4 is 15.8 Å². The van der Waals surface area contributed by atoms with Crippen molar-refractivity contribution in [2.75, 3.05) is 6.54 Å². The van der Waals surface area contributed by atoms with E-state index in [1.54, 1.807) is 0 Å². The third-order valence-corrected chi connectivity index (χ3v) is 8.68. The van der Waals surface area contributed by atoms with Gasteiger partial charge >= 0.3 is 6.18 Å². The zero-order valence-corrected chi connectivity index (χ0v) is 19.3. The van der Waals surface area contributed by atoms with E-state index in [4.69, 9.17) is 5.14 Å². The molecule has 3 aliphatic rings. The Morgan fingerprint density at radius 3 is 2.47 bits per heavy atom. The Kier molecular flexibility index (Phi) is 6.15. The van der Waals surface area contributed by atoms with Crippen molar-refractivity contribution in [3.63, 3.8) is 0 Å². The highest BCUT2D eigenvalue weighted by atomic mass is 32.2. The van der Waals surface area contributed by atoms with Gasteiger partial charge in [0.05, 0.1) is 5.56 Å². The standard InChI is InChI=1S/C21H28F3N7O2S/c22-21(23,24)15-6-5-13(18(19(15)34(25,32)33)20-28-30-31-29-20)11-1-3-12(4-2-11)27-17-8-7-16-14(17)9-10-26-16/h5-6,11-12,14,16-17,26-27H,1-4,7-10H2,(H2,25,32,33)(H,28,29,30,31)/t11-,12-,14-,16?,17?/m1/s1. The van der Waals surface area contributed by atoms with Crippen LogP contribution in [0.3, 0.4) is 0 Å². The number of hydrogen-bond acceptors (Lipinski definition) is 7. The fourth-order valence-electron chi connectivity index (χ4n) is 6.21. The highest BCUT2D eigenvalue weighted by Gasteiger charge is 2.42. The summed E-state index contributed by atoms with van der Waals surface area (Å²) >= 11 is 0. The van der Waals surface area contributed by atoms with Crippen molar-refractivity contribution in [1.82, 2.24) is 31.3 Å².